The zero-order chi connectivity index (χ0) is 19.6. The Morgan fingerprint density at radius 3 is 2.63 bits per heavy atom. The van der Waals surface area contributed by atoms with E-state index in [1.165, 1.54) is 21.7 Å². The first-order valence-electron chi connectivity index (χ1n) is 8.88. The summed E-state index contributed by atoms with van der Waals surface area (Å²) in [7, 11) is 1.64. The molecule has 2 amide bonds. The molecule has 0 aliphatic heterocycles. The molecule has 27 heavy (non-hydrogen) atoms. The van der Waals surface area contributed by atoms with E-state index < -0.39 is 17.4 Å². The maximum absolute atomic E-state index is 12.9. The first kappa shape index (κ1) is 18.8. The molecule has 1 saturated carbocycles. The zero-order valence-electron chi connectivity index (χ0n) is 15.2. The van der Waals surface area contributed by atoms with Crippen molar-refractivity contribution in [3.05, 3.63) is 69.6 Å². The van der Waals surface area contributed by atoms with Crippen molar-refractivity contribution in [1.29, 1.82) is 0 Å². The van der Waals surface area contributed by atoms with E-state index >= 15 is 0 Å². The van der Waals surface area contributed by atoms with Crippen molar-refractivity contribution in [2.24, 2.45) is 11.7 Å². The Kier molecular flexibility index (Phi) is 5.41. The van der Waals surface area contributed by atoms with Gasteiger partial charge >= 0.3 is 0 Å². The molecule has 3 N–H and O–H groups in total. The number of nitrogens with zero attached hydrogens (tertiary/aromatic N) is 2. The average molecular weight is 369 g/mol. The van der Waals surface area contributed by atoms with Gasteiger partial charge in [-0.05, 0) is 30.4 Å². The minimum atomic E-state index is -0.696. The average Bonchev–Trinajstić information content (AvgIpc) is 3.42. The van der Waals surface area contributed by atoms with Crippen LogP contribution in [0.5, 0.6) is 0 Å². The van der Waals surface area contributed by atoms with Crippen molar-refractivity contribution in [1.82, 2.24) is 9.47 Å². The highest BCUT2D eigenvalue weighted by atomic mass is 16.3. The molecule has 1 aliphatic carbocycles. The Hall–Kier alpha value is -2.93. The lowest BCUT2D eigenvalue weighted by Crippen LogP contribution is -2.37. The van der Waals surface area contributed by atoms with E-state index in [1.807, 2.05) is 30.3 Å². The molecular formula is C20H23N3O4. The fourth-order valence-corrected chi connectivity index (χ4v) is 3.34. The molecule has 2 atom stereocenters. The van der Waals surface area contributed by atoms with Crippen LogP contribution in [0.15, 0.2) is 47.4 Å². The van der Waals surface area contributed by atoms with Crippen molar-refractivity contribution in [3.8, 4) is 0 Å². The van der Waals surface area contributed by atoms with Gasteiger partial charge in [-0.15, -0.1) is 0 Å². The number of hydrogen-bond donors (Lipinski definition) is 2. The molecule has 1 aliphatic rings. The summed E-state index contributed by atoms with van der Waals surface area (Å²) >= 11 is 0. The summed E-state index contributed by atoms with van der Waals surface area (Å²) in [5.74, 6) is -0.886. The maximum Gasteiger partial charge on any atom is 0.263 e. The third-order valence-electron chi connectivity index (χ3n) is 5.00. The second-order valence-electron chi connectivity index (χ2n) is 6.92. The topological polar surface area (TPSA) is 106 Å². The Morgan fingerprint density at radius 1 is 1.30 bits per heavy atom. The minimum Gasteiger partial charge on any atom is -0.396 e. The van der Waals surface area contributed by atoms with Crippen molar-refractivity contribution in [2.75, 3.05) is 13.7 Å². The fourth-order valence-electron chi connectivity index (χ4n) is 3.34. The lowest BCUT2D eigenvalue weighted by atomic mass is 10.1. The molecule has 1 fully saturated rings. The fraction of sp³-hybridized carbons (Fsp3) is 0.350. The second kappa shape index (κ2) is 7.75. The van der Waals surface area contributed by atoms with E-state index in [-0.39, 0.29) is 36.2 Å². The number of nitrogens with two attached hydrogens (primary N) is 1. The number of aliphatic hydroxyl groups is 1. The van der Waals surface area contributed by atoms with Gasteiger partial charge in [-0.1, -0.05) is 30.3 Å². The number of aromatic nitrogens is 1. The maximum atomic E-state index is 12.9. The van der Waals surface area contributed by atoms with Gasteiger partial charge in [-0.25, -0.2) is 0 Å². The van der Waals surface area contributed by atoms with E-state index in [0.717, 1.165) is 12.0 Å². The Labute approximate surface area is 157 Å². The van der Waals surface area contributed by atoms with E-state index in [2.05, 4.69) is 0 Å². The number of aliphatic hydroxyl groups excluding tert-OH is 1. The molecule has 2 aromatic rings. The predicted octanol–water partition coefficient (Wildman–Crippen LogP) is 0.838. The van der Waals surface area contributed by atoms with E-state index in [1.54, 1.807) is 7.05 Å². The molecule has 142 valence electrons. The molecule has 1 aromatic carbocycles. The smallest absolute Gasteiger partial charge is 0.263 e. The van der Waals surface area contributed by atoms with Crippen LogP contribution in [0.25, 0.3) is 0 Å². The first-order valence-corrected chi connectivity index (χ1v) is 8.88. The summed E-state index contributed by atoms with van der Waals surface area (Å²) in [6.45, 7) is 0.311. The molecule has 1 aromatic heterocycles. The van der Waals surface area contributed by atoms with Gasteiger partial charge in [0.2, 0.25) is 5.91 Å². The number of rotatable bonds is 7. The van der Waals surface area contributed by atoms with Gasteiger partial charge in [0.1, 0.15) is 5.56 Å². The number of amides is 2. The largest absolute Gasteiger partial charge is 0.396 e. The molecule has 7 nitrogen and oxygen atoms in total. The number of hydrogen-bond acceptors (Lipinski definition) is 4. The summed E-state index contributed by atoms with van der Waals surface area (Å²) in [5, 5.41) is 9.04. The molecule has 0 radical (unpaired) electrons. The molecule has 0 spiro atoms. The normalized spacial score (nSPS) is 18.1. The highest BCUT2D eigenvalue weighted by Crippen LogP contribution is 2.37. The summed E-state index contributed by atoms with van der Waals surface area (Å²) < 4.78 is 1.34. The molecule has 0 saturated heterocycles. The molecule has 0 unspecified atom stereocenters. The zero-order valence-corrected chi connectivity index (χ0v) is 15.2. The van der Waals surface area contributed by atoms with Crippen LogP contribution >= 0.6 is 0 Å². The summed E-state index contributed by atoms with van der Waals surface area (Å²) in [5.41, 5.74) is 5.86. The van der Waals surface area contributed by atoms with Crippen LogP contribution in [-0.2, 0) is 6.54 Å². The number of benzene rings is 1. The lowest BCUT2D eigenvalue weighted by Gasteiger charge is -2.18. The highest BCUT2D eigenvalue weighted by Gasteiger charge is 2.42. The van der Waals surface area contributed by atoms with Crippen LogP contribution in [0, 0.1) is 5.92 Å². The van der Waals surface area contributed by atoms with E-state index in [0.29, 0.717) is 6.42 Å². The third kappa shape index (κ3) is 4.09. The molecule has 0 bridgehead atoms. The van der Waals surface area contributed by atoms with Gasteiger partial charge in [-0.2, -0.15) is 0 Å². The summed E-state index contributed by atoms with van der Waals surface area (Å²) in [4.78, 5) is 39.0. The van der Waals surface area contributed by atoms with Crippen molar-refractivity contribution in [2.45, 2.75) is 25.4 Å². The standard InChI is InChI=1S/C20H23N3O4/c1-22(17-10-14(17)7-8-24)19(26)16-9-15(18(21)25)12-23(20(16)27)11-13-5-3-2-4-6-13/h2-6,9,12,14,17,24H,7-8,10-11H2,1H3,(H2,21,25)/t14-,17-/m0/s1. The SMILES string of the molecule is CN(C(=O)c1cc(C(N)=O)cn(Cc2ccccc2)c1=O)[C@H]1C[C@@H]1CCO. The second-order valence-corrected chi connectivity index (χ2v) is 6.92. The van der Waals surface area contributed by atoms with Gasteiger partial charge < -0.3 is 20.3 Å². The minimum absolute atomic E-state index is 0.00357. The quantitative estimate of drug-likeness (QED) is 0.754. The molecule has 1 heterocycles. The van der Waals surface area contributed by atoms with Crippen LogP contribution in [0.3, 0.4) is 0 Å². The molecular weight excluding hydrogens is 346 g/mol. The van der Waals surface area contributed by atoms with Crippen LogP contribution in [0.2, 0.25) is 0 Å². The number of primary amides is 1. The Balaban J connectivity index is 1.93. The van der Waals surface area contributed by atoms with Gasteiger partial charge in [0.15, 0.2) is 0 Å². The first-order chi connectivity index (χ1) is 12.9. The van der Waals surface area contributed by atoms with Crippen molar-refractivity contribution in [3.63, 3.8) is 0 Å². The Bertz CT molecular complexity index is 907. The van der Waals surface area contributed by atoms with Crippen molar-refractivity contribution >= 4 is 11.8 Å². The monoisotopic (exact) mass is 369 g/mol. The summed E-state index contributed by atoms with van der Waals surface area (Å²) in [6, 6.07) is 10.6. The highest BCUT2D eigenvalue weighted by molar-refractivity contribution is 5.98. The number of pyridine rings is 1. The molecule has 7 heteroatoms. The number of carbonyl (C=O) groups excluding carboxylic acids is 2. The van der Waals surface area contributed by atoms with E-state index in [4.69, 9.17) is 10.8 Å². The van der Waals surface area contributed by atoms with Crippen LogP contribution < -0.4 is 11.3 Å². The van der Waals surface area contributed by atoms with E-state index in [9.17, 15) is 14.4 Å². The third-order valence-corrected chi connectivity index (χ3v) is 5.00. The van der Waals surface area contributed by atoms with Crippen molar-refractivity contribution < 1.29 is 14.7 Å². The van der Waals surface area contributed by atoms with Gasteiger partial charge in [0.25, 0.3) is 11.5 Å². The van der Waals surface area contributed by atoms with Gasteiger partial charge in [-0.3, -0.25) is 14.4 Å². The van der Waals surface area contributed by atoms with Crippen LogP contribution in [0.4, 0.5) is 0 Å². The number of carbonyl (C=O) groups is 2. The van der Waals surface area contributed by atoms with Crippen LogP contribution in [0.1, 0.15) is 39.1 Å². The van der Waals surface area contributed by atoms with Gasteiger partial charge in [0.05, 0.1) is 12.1 Å². The lowest BCUT2D eigenvalue weighted by molar-refractivity contribution is 0.0772. The summed E-state index contributed by atoms with van der Waals surface area (Å²) in [6.07, 6.45) is 2.82. The Morgan fingerprint density at radius 2 is 2.00 bits per heavy atom. The molecule has 3 rings (SSSR count). The predicted molar refractivity (Wildman–Crippen MR) is 100 cm³/mol. The van der Waals surface area contributed by atoms with Crippen LogP contribution in [-0.4, -0.2) is 46.1 Å². The van der Waals surface area contributed by atoms with Gasteiger partial charge in [0, 0.05) is 25.9 Å².